The monoisotopic (exact) mass is 659 g/mol. The third kappa shape index (κ3) is 4.12. The summed E-state index contributed by atoms with van der Waals surface area (Å²) in [7, 11) is 0. The van der Waals surface area contributed by atoms with Gasteiger partial charge in [0.25, 0.3) is 0 Å². The van der Waals surface area contributed by atoms with E-state index in [-0.39, 0.29) is 16.9 Å². The number of hydrogen-bond donors (Lipinski definition) is 0. The van der Waals surface area contributed by atoms with E-state index in [0.717, 1.165) is 51.5 Å². The predicted octanol–water partition coefficient (Wildman–Crippen LogP) is 10.9. The van der Waals surface area contributed by atoms with Gasteiger partial charge in [-0.05, 0) is 116 Å². The number of benzene rings is 4. The highest BCUT2D eigenvalue weighted by atomic mass is 16.5. The molecule has 2 aliphatic heterocycles. The van der Waals surface area contributed by atoms with Crippen molar-refractivity contribution in [1.29, 1.82) is 0 Å². The van der Waals surface area contributed by atoms with Gasteiger partial charge in [-0.25, -0.2) is 9.98 Å². The Morgan fingerprint density at radius 1 is 0.740 bits per heavy atom. The molecule has 0 N–H and O–H groups in total. The maximum atomic E-state index is 6.93. The molecular weight excluding hydrogens is 615 g/mol. The van der Waals surface area contributed by atoms with Crippen LogP contribution in [0.2, 0.25) is 0 Å². The van der Waals surface area contributed by atoms with Crippen LogP contribution in [0.4, 0.5) is 0 Å². The number of fused-ring (bicyclic) bond motifs is 8. The van der Waals surface area contributed by atoms with Gasteiger partial charge < -0.3 is 9.47 Å². The Bertz CT molecular complexity index is 2500. The van der Waals surface area contributed by atoms with E-state index in [4.69, 9.17) is 19.5 Å². The minimum Gasteiger partial charge on any atom is -0.471 e. The average molecular weight is 660 g/mol. The Morgan fingerprint density at radius 2 is 1.50 bits per heavy atom. The SMILES string of the molecule is Cc1ccc2c(c1)C(C)(C)C[C@@H]1OC(c3cc(Oc4cc5c(cc4C)C(C)(C)c4cccc6c7c(C)ccnc7n-5c46)c(C)cc3C)=N[C@]21C. The van der Waals surface area contributed by atoms with E-state index in [1.54, 1.807) is 0 Å². The average Bonchev–Trinajstić information content (AvgIpc) is 3.57. The fourth-order valence-electron chi connectivity index (χ4n) is 9.18. The van der Waals surface area contributed by atoms with Crippen molar-refractivity contribution in [2.24, 2.45) is 4.99 Å². The topological polar surface area (TPSA) is 48.6 Å². The van der Waals surface area contributed by atoms with Gasteiger partial charge in [0.2, 0.25) is 5.90 Å². The summed E-state index contributed by atoms with van der Waals surface area (Å²) < 4.78 is 16.1. The van der Waals surface area contributed by atoms with E-state index in [2.05, 4.69) is 141 Å². The summed E-state index contributed by atoms with van der Waals surface area (Å²) >= 11 is 0. The highest BCUT2D eigenvalue weighted by Crippen LogP contribution is 2.52. The predicted molar refractivity (Wildman–Crippen MR) is 204 cm³/mol. The van der Waals surface area contributed by atoms with Crippen LogP contribution >= 0.6 is 0 Å². The van der Waals surface area contributed by atoms with E-state index in [0.29, 0.717) is 5.90 Å². The number of rotatable bonds is 3. The molecule has 0 fully saturated rings. The van der Waals surface area contributed by atoms with Crippen LogP contribution in [0.5, 0.6) is 11.5 Å². The summed E-state index contributed by atoms with van der Waals surface area (Å²) in [4.78, 5) is 10.3. The van der Waals surface area contributed by atoms with Crippen molar-refractivity contribution < 1.29 is 9.47 Å². The van der Waals surface area contributed by atoms with Crippen molar-refractivity contribution in [3.05, 3.63) is 129 Å². The Labute approximate surface area is 295 Å². The van der Waals surface area contributed by atoms with E-state index >= 15 is 0 Å². The minimum absolute atomic E-state index is 0.00299. The Kier molecular flexibility index (Phi) is 6.28. The maximum Gasteiger partial charge on any atom is 0.217 e. The van der Waals surface area contributed by atoms with Crippen molar-refractivity contribution in [1.82, 2.24) is 9.55 Å². The molecule has 5 heteroatoms. The molecule has 0 amide bonds. The van der Waals surface area contributed by atoms with Crippen molar-refractivity contribution >= 4 is 27.8 Å². The molecule has 50 heavy (non-hydrogen) atoms. The largest absolute Gasteiger partial charge is 0.471 e. The molecule has 0 spiro atoms. The standard InChI is InChI=1S/C45H45N3O2/c1-24-14-15-31-33(18-24)43(6,7)23-38-45(31,10)47-42(50-38)30-21-36(27(4)19-26(30)3)49-37-22-35-34(20-28(37)5)44(8,9)32-13-11-12-29-39-25(2)16-17-46-41(39)48(35)40(29)32/h11-22,38H,23H2,1-10H3/t38-,45+/m0/s1. The van der Waals surface area contributed by atoms with Gasteiger partial charge in [-0.2, -0.15) is 0 Å². The molecule has 2 atom stereocenters. The summed E-state index contributed by atoms with van der Waals surface area (Å²) in [6.45, 7) is 22.3. The molecule has 0 saturated heterocycles. The zero-order chi connectivity index (χ0) is 35.1. The second-order valence-electron chi connectivity index (χ2n) is 16.5. The van der Waals surface area contributed by atoms with Crippen molar-refractivity contribution in [2.45, 2.75) is 98.1 Å². The van der Waals surface area contributed by atoms with Gasteiger partial charge in [-0.15, -0.1) is 0 Å². The minimum atomic E-state index is -0.443. The first-order chi connectivity index (χ1) is 23.7. The summed E-state index contributed by atoms with van der Waals surface area (Å²) in [5, 5.41) is 2.46. The highest BCUT2D eigenvalue weighted by molar-refractivity contribution is 6.11. The van der Waals surface area contributed by atoms with Crippen LogP contribution in [0.3, 0.4) is 0 Å². The number of nitrogens with zero attached hydrogens (tertiary/aromatic N) is 3. The summed E-state index contributed by atoms with van der Waals surface area (Å²) in [6.07, 6.45) is 2.80. The molecule has 2 aromatic heterocycles. The van der Waals surface area contributed by atoms with Crippen molar-refractivity contribution in [3.63, 3.8) is 0 Å². The van der Waals surface area contributed by atoms with Gasteiger partial charge in [0.1, 0.15) is 28.8 Å². The van der Waals surface area contributed by atoms with Gasteiger partial charge in [0.05, 0.1) is 11.2 Å². The third-order valence-corrected chi connectivity index (χ3v) is 12.1. The second kappa shape index (κ2) is 10.1. The Balaban J connectivity index is 1.16. The van der Waals surface area contributed by atoms with Crippen molar-refractivity contribution in [2.75, 3.05) is 0 Å². The quantitative estimate of drug-likeness (QED) is 0.190. The molecule has 0 saturated carbocycles. The Morgan fingerprint density at radius 3 is 2.30 bits per heavy atom. The van der Waals surface area contributed by atoms with Gasteiger partial charge in [-0.3, -0.25) is 4.57 Å². The van der Waals surface area contributed by atoms with Crippen LogP contribution in [0.25, 0.3) is 27.6 Å². The van der Waals surface area contributed by atoms with Crippen LogP contribution in [0.15, 0.2) is 77.9 Å². The van der Waals surface area contributed by atoms with Gasteiger partial charge in [0.15, 0.2) is 0 Å². The van der Waals surface area contributed by atoms with Gasteiger partial charge >= 0.3 is 0 Å². The smallest absolute Gasteiger partial charge is 0.217 e. The van der Waals surface area contributed by atoms with Gasteiger partial charge in [0, 0.05) is 34.0 Å². The molecule has 4 heterocycles. The van der Waals surface area contributed by atoms with E-state index in [1.807, 2.05) is 6.20 Å². The van der Waals surface area contributed by atoms with Crippen LogP contribution in [0, 0.1) is 34.6 Å². The van der Waals surface area contributed by atoms with Crippen molar-refractivity contribution in [3.8, 4) is 17.2 Å². The summed E-state index contributed by atoms with van der Waals surface area (Å²) in [5.41, 5.74) is 14.7. The lowest BCUT2D eigenvalue weighted by Crippen LogP contribution is -2.44. The van der Waals surface area contributed by atoms with Crippen LogP contribution < -0.4 is 4.74 Å². The first kappa shape index (κ1) is 31.1. The number of aromatic nitrogens is 2. The van der Waals surface area contributed by atoms with E-state index in [1.165, 1.54) is 49.7 Å². The third-order valence-electron chi connectivity index (χ3n) is 12.1. The number of aryl methyl sites for hydroxylation is 5. The molecule has 6 aromatic rings. The van der Waals surface area contributed by atoms with Crippen LogP contribution in [-0.4, -0.2) is 21.6 Å². The molecule has 4 aromatic carbocycles. The van der Waals surface area contributed by atoms with Crippen LogP contribution in [-0.2, 0) is 21.1 Å². The summed E-state index contributed by atoms with van der Waals surface area (Å²) in [5.74, 6) is 2.34. The number of hydrogen-bond acceptors (Lipinski definition) is 4. The van der Waals surface area contributed by atoms with Gasteiger partial charge in [-0.1, -0.05) is 75.7 Å². The number of para-hydroxylation sites is 1. The molecule has 0 bridgehead atoms. The second-order valence-corrected chi connectivity index (χ2v) is 16.5. The normalized spacial score (nSPS) is 21.0. The summed E-state index contributed by atoms with van der Waals surface area (Å²) in [6, 6.07) is 24.5. The fourth-order valence-corrected chi connectivity index (χ4v) is 9.18. The molecule has 9 rings (SSSR count). The first-order valence-electron chi connectivity index (χ1n) is 17.9. The highest BCUT2D eigenvalue weighted by Gasteiger charge is 2.52. The maximum absolute atomic E-state index is 6.93. The first-order valence-corrected chi connectivity index (χ1v) is 17.9. The van der Waals surface area contributed by atoms with Crippen LogP contribution in [0.1, 0.15) is 96.7 Å². The molecular formula is C45H45N3O2. The lowest BCUT2D eigenvalue weighted by Gasteiger charge is -2.43. The lowest BCUT2D eigenvalue weighted by atomic mass is 9.64. The number of pyridine rings is 1. The molecule has 252 valence electrons. The molecule has 0 radical (unpaired) electrons. The fraction of sp³-hybridized carbons (Fsp3) is 0.333. The van der Waals surface area contributed by atoms with E-state index in [9.17, 15) is 0 Å². The zero-order valence-corrected chi connectivity index (χ0v) is 30.9. The van der Waals surface area contributed by atoms with E-state index < -0.39 is 5.54 Å². The lowest BCUT2D eigenvalue weighted by molar-refractivity contribution is 0.0971. The molecule has 5 nitrogen and oxygen atoms in total. The molecule has 1 aliphatic carbocycles. The zero-order valence-electron chi connectivity index (χ0n) is 30.9. The number of aliphatic imine (C=N–C) groups is 1. The molecule has 0 unspecified atom stereocenters. The number of ether oxygens (including phenoxy) is 2. The molecule has 3 aliphatic rings. The Hall–Kier alpha value is -4.90.